The van der Waals surface area contributed by atoms with Crippen LogP contribution in [0.3, 0.4) is 0 Å². The van der Waals surface area contributed by atoms with Crippen LogP contribution in [-0.4, -0.2) is 27.7 Å². The summed E-state index contributed by atoms with van der Waals surface area (Å²) in [6, 6.07) is 16.5. The van der Waals surface area contributed by atoms with Crippen LogP contribution in [-0.2, 0) is 12.8 Å². The summed E-state index contributed by atoms with van der Waals surface area (Å²) in [5.41, 5.74) is 4.16. The van der Waals surface area contributed by atoms with Crippen molar-refractivity contribution in [1.29, 1.82) is 0 Å². The van der Waals surface area contributed by atoms with E-state index in [2.05, 4.69) is 68.1 Å². The fraction of sp³-hybridized carbons (Fsp3) is 0.538. The molecule has 5 heteroatoms. The van der Waals surface area contributed by atoms with Crippen LogP contribution in [0.1, 0.15) is 75.6 Å². The number of benzene rings is 2. The highest BCUT2D eigenvalue weighted by Gasteiger charge is 2.36. The predicted molar refractivity (Wildman–Crippen MR) is 132 cm³/mol. The first-order valence-electron chi connectivity index (χ1n) is 11.5. The van der Waals surface area contributed by atoms with Gasteiger partial charge in [0.2, 0.25) is 0 Å². The Morgan fingerprint density at radius 1 is 1.06 bits per heavy atom. The molecule has 0 amide bonds. The van der Waals surface area contributed by atoms with Gasteiger partial charge < -0.3 is 9.84 Å². The Kier molecular flexibility index (Phi) is 8.37. The van der Waals surface area contributed by atoms with Crippen LogP contribution >= 0.6 is 24.2 Å². The molecule has 0 aromatic heterocycles. The Hall–Kier alpha value is -1.20. The monoisotopic (exact) mass is 461 g/mol. The summed E-state index contributed by atoms with van der Waals surface area (Å²) >= 11 is 1.79. The summed E-state index contributed by atoms with van der Waals surface area (Å²) in [6.45, 7) is 6.59. The van der Waals surface area contributed by atoms with Gasteiger partial charge in [-0.25, -0.2) is 0 Å². The zero-order chi connectivity index (χ0) is 21.1. The average molecular weight is 462 g/mol. The highest BCUT2D eigenvalue weighted by atomic mass is 35.5. The quantitative estimate of drug-likeness (QED) is 0.470. The maximum atomic E-state index is 10.2. The van der Waals surface area contributed by atoms with Crippen molar-refractivity contribution >= 4 is 24.2 Å². The number of ether oxygens (including phenoxy) is 1. The van der Waals surface area contributed by atoms with Crippen LogP contribution in [0.2, 0.25) is 0 Å². The van der Waals surface area contributed by atoms with E-state index in [-0.39, 0.29) is 24.1 Å². The van der Waals surface area contributed by atoms with Crippen LogP contribution < -0.4 is 4.74 Å². The zero-order valence-electron chi connectivity index (χ0n) is 19.0. The van der Waals surface area contributed by atoms with Crippen LogP contribution in [0.4, 0.5) is 0 Å². The molecule has 31 heavy (non-hydrogen) atoms. The molecule has 0 spiro atoms. The van der Waals surface area contributed by atoms with Gasteiger partial charge in [-0.05, 0) is 81.2 Å². The van der Waals surface area contributed by atoms with Gasteiger partial charge >= 0.3 is 0 Å². The molecule has 170 valence electrons. The summed E-state index contributed by atoms with van der Waals surface area (Å²) in [5.74, 6) is 0.987. The second kappa shape index (κ2) is 10.6. The van der Waals surface area contributed by atoms with Crippen molar-refractivity contribution < 1.29 is 9.84 Å². The Labute approximate surface area is 198 Å². The molecule has 0 bridgehead atoms. The SMILES string of the molecule is CCCCc1ccc(CCC2CCC(c3ccc4c(c3)SC(C)(C)O4)N2CO)cc1.Cl. The first-order chi connectivity index (χ1) is 14.5. The third kappa shape index (κ3) is 5.78. The lowest BCUT2D eigenvalue weighted by Gasteiger charge is -2.28. The molecule has 2 heterocycles. The Morgan fingerprint density at radius 3 is 2.45 bits per heavy atom. The van der Waals surface area contributed by atoms with Crippen LogP contribution in [0.25, 0.3) is 0 Å². The van der Waals surface area contributed by atoms with E-state index in [0.717, 1.165) is 31.4 Å². The van der Waals surface area contributed by atoms with Gasteiger partial charge in [0, 0.05) is 12.1 Å². The first-order valence-corrected chi connectivity index (χ1v) is 12.3. The van der Waals surface area contributed by atoms with Gasteiger partial charge in [0.1, 0.15) is 5.75 Å². The van der Waals surface area contributed by atoms with E-state index < -0.39 is 0 Å². The van der Waals surface area contributed by atoms with Crippen molar-refractivity contribution in [2.45, 2.75) is 87.6 Å². The summed E-state index contributed by atoms with van der Waals surface area (Å²) < 4.78 is 6.00. The molecule has 2 aromatic carbocycles. The molecule has 1 fully saturated rings. The summed E-state index contributed by atoms with van der Waals surface area (Å²) in [7, 11) is 0. The Balaban J connectivity index is 0.00000272. The van der Waals surface area contributed by atoms with Gasteiger partial charge in [0.25, 0.3) is 0 Å². The zero-order valence-corrected chi connectivity index (χ0v) is 20.6. The number of unbranched alkanes of at least 4 members (excludes halogenated alkanes) is 1. The lowest BCUT2D eigenvalue weighted by atomic mass is 10.0. The maximum Gasteiger partial charge on any atom is 0.153 e. The molecule has 0 radical (unpaired) electrons. The molecule has 2 atom stereocenters. The largest absolute Gasteiger partial charge is 0.476 e. The molecule has 0 aliphatic carbocycles. The van der Waals surface area contributed by atoms with E-state index in [1.807, 2.05) is 0 Å². The molecular weight excluding hydrogens is 426 g/mol. The lowest BCUT2D eigenvalue weighted by molar-refractivity contribution is 0.0596. The number of hydrogen-bond donors (Lipinski definition) is 1. The Bertz CT molecular complexity index is 855. The molecule has 2 aliphatic heterocycles. The second-order valence-corrected chi connectivity index (χ2v) is 10.8. The van der Waals surface area contributed by atoms with E-state index in [9.17, 15) is 5.11 Å². The number of hydrogen-bond acceptors (Lipinski definition) is 4. The minimum Gasteiger partial charge on any atom is -0.476 e. The molecule has 1 N–H and O–H groups in total. The molecule has 3 nitrogen and oxygen atoms in total. The minimum atomic E-state index is -0.193. The smallest absolute Gasteiger partial charge is 0.153 e. The van der Waals surface area contributed by atoms with Crippen LogP contribution in [0, 0.1) is 0 Å². The normalized spacial score (nSPS) is 22.1. The minimum absolute atomic E-state index is 0. The number of aliphatic hydroxyl groups excluding tert-OH is 1. The molecule has 0 saturated carbocycles. The van der Waals surface area contributed by atoms with E-state index >= 15 is 0 Å². The van der Waals surface area contributed by atoms with Gasteiger partial charge in [-0.2, -0.15) is 0 Å². The van der Waals surface area contributed by atoms with Crippen LogP contribution in [0.5, 0.6) is 5.75 Å². The van der Waals surface area contributed by atoms with Crippen molar-refractivity contribution in [3.63, 3.8) is 0 Å². The first kappa shape index (κ1) is 24.4. The fourth-order valence-electron chi connectivity index (χ4n) is 4.85. The van der Waals surface area contributed by atoms with Crippen molar-refractivity contribution in [3.05, 3.63) is 59.2 Å². The number of aliphatic hydroxyl groups is 1. The molecule has 2 aromatic rings. The van der Waals surface area contributed by atoms with Gasteiger partial charge in [-0.3, -0.25) is 4.90 Å². The van der Waals surface area contributed by atoms with Crippen molar-refractivity contribution in [2.24, 2.45) is 0 Å². The highest BCUT2D eigenvalue weighted by Crippen LogP contribution is 2.49. The van der Waals surface area contributed by atoms with E-state index in [0.29, 0.717) is 12.1 Å². The van der Waals surface area contributed by atoms with Gasteiger partial charge in [0.05, 0.1) is 11.6 Å². The topological polar surface area (TPSA) is 32.7 Å². The third-order valence-electron chi connectivity index (χ3n) is 6.48. The van der Waals surface area contributed by atoms with Gasteiger partial charge in [0.15, 0.2) is 4.93 Å². The Morgan fingerprint density at radius 2 is 1.77 bits per heavy atom. The predicted octanol–water partition coefficient (Wildman–Crippen LogP) is 6.76. The summed E-state index contributed by atoms with van der Waals surface area (Å²) in [4.78, 5) is 3.33. The molecule has 2 aliphatic rings. The number of fused-ring (bicyclic) bond motifs is 1. The number of thioether (sulfide) groups is 1. The molecular formula is C26H36ClNO2S. The van der Waals surface area contributed by atoms with Gasteiger partial charge in [-0.1, -0.05) is 55.4 Å². The standard InChI is InChI=1S/C26H35NO2S.ClH/c1-4-5-6-19-7-9-20(10-8-19)11-13-22-14-15-23(27(22)18-28)21-12-16-24-25(17-21)30-26(2,3)29-24;/h7-10,12,16-17,22-23,28H,4-6,11,13-15,18H2,1-3H3;1H. The number of halogens is 1. The van der Waals surface area contributed by atoms with Gasteiger partial charge in [-0.15, -0.1) is 12.4 Å². The molecule has 2 unspecified atom stereocenters. The molecule has 1 saturated heterocycles. The summed E-state index contributed by atoms with van der Waals surface area (Å²) in [5, 5.41) is 10.2. The maximum absolute atomic E-state index is 10.2. The summed E-state index contributed by atoms with van der Waals surface area (Å²) in [6.07, 6.45) is 8.11. The van der Waals surface area contributed by atoms with Crippen molar-refractivity contribution in [2.75, 3.05) is 6.73 Å². The number of nitrogens with zero attached hydrogens (tertiary/aromatic N) is 1. The highest BCUT2D eigenvalue weighted by molar-refractivity contribution is 8.00. The number of likely N-dealkylation sites (tertiary alicyclic amines) is 1. The second-order valence-electron chi connectivity index (χ2n) is 9.17. The third-order valence-corrected chi connectivity index (χ3v) is 7.59. The molecule has 4 rings (SSSR count). The van der Waals surface area contributed by atoms with Crippen molar-refractivity contribution in [1.82, 2.24) is 4.90 Å². The van der Waals surface area contributed by atoms with E-state index in [4.69, 9.17) is 4.74 Å². The van der Waals surface area contributed by atoms with Crippen molar-refractivity contribution in [3.8, 4) is 5.75 Å². The fourth-order valence-corrected chi connectivity index (χ4v) is 5.92. The average Bonchev–Trinajstić information content (AvgIpc) is 3.29. The van der Waals surface area contributed by atoms with E-state index in [1.54, 1.807) is 11.8 Å². The van der Waals surface area contributed by atoms with E-state index in [1.165, 1.54) is 40.8 Å². The van der Waals surface area contributed by atoms with Crippen LogP contribution in [0.15, 0.2) is 47.4 Å². The number of aryl methyl sites for hydroxylation is 2. The lowest BCUT2D eigenvalue weighted by Crippen LogP contribution is -2.32. The number of rotatable bonds is 8.